The first-order valence-corrected chi connectivity index (χ1v) is 8.91. The molecule has 2 aliphatic heterocycles. The zero-order valence-corrected chi connectivity index (χ0v) is 14.0. The third-order valence-corrected chi connectivity index (χ3v) is 5.41. The van der Waals surface area contributed by atoms with Crippen molar-refractivity contribution in [3.8, 4) is 0 Å². The Bertz CT molecular complexity index is 786. The molecule has 128 valence electrons. The van der Waals surface area contributed by atoms with Crippen molar-refractivity contribution in [2.24, 2.45) is 5.16 Å². The maximum atomic E-state index is 5.70. The lowest BCUT2D eigenvalue weighted by molar-refractivity contribution is -0.00190. The molecule has 6 heteroatoms. The molecule has 2 N–H and O–H groups in total. The minimum Gasteiger partial charge on any atom is -0.387 e. The van der Waals surface area contributed by atoms with Crippen molar-refractivity contribution in [2.75, 3.05) is 18.4 Å². The molecule has 1 aromatic carbocycles. The average molecular weight is 335 g/mol. The van der Waals surface area contributed by atoms with Crippen molar-refractivity contribution in [3.63, 3.8) is 0 Å². The summed E-state index contributed by atoms with van der Waals surface area (Å²) in [5.74, 6) is 0.679. The molecule has 2 aromatic rings. The van der Waals surface area contributed by atoms with Gasteiger partial charge in [-0.1, -0.05) is 29.4 Å². The molecule has 1 fully saturated rings. The van der Waals surface area contributed by atoms with Gasteiger partial charge in [-0.05, 0) is 30.5 Å². The number of anilines is 1. The fourth-order valence-corrected chi connectivity index (χ4v) is 4.02. The van der Waals surface area contributed by atoms with Gasteiger partial charge in [0, 0.05) is 43.4 Å². The van der Waals surface area contributed by atoms with Crippen molar-refractivity contribution in [1.29, 1.82) is 0 Å². The lowest BCUT2D eigenvalue weighted by atomic mass is 9.94. The van der Waals surface area contributed by atoms with Crippen LogP contribution in [0.15, 0.2) is 41.8 Å². The predicted octanol–water partition coefficient (Wildman–Crippen LogP) is 1.91. The summed E-state index contributed by atoms with van der Waals surface area (Å²) in [5, 5.41) is 11.1. The van der Waals surface area contributed by atoms with Gasteiger partial charge in [0.2, 0.25) is 5.95 Å². The van der Waals surface area contributed by atoms with Gasteiger partial charge in [0.15, 0.2) is 5.60 Å². The summed E-state index contributed by atoms with van der Waals surface area (Å²) in [6, 6.07) is 8.97. The summed E-state index contributed by atoms with van der Waals surface area (Å²) in [6.07, 6.45) is 7.58. The maximum Gasteiger partial charge on any atom is 0.222 e. The Morgan fingerprint density at radius 2 is 1.88 bits per heavy atom. The van der Waals surface area contributed by atoms with Crippen LogP contribution in [-0.4, -0.2) is 40.4 Å². The first kappa shape index (κ1) is 14.8. The van der Waals surface area contributed by atoms with Crippen LogP contribution in [0.3, 0.4) is 0 Å². The van der Waals surface area contributed by atoms with Crippen LogP contribution >= 0.6 is 0 Å². The van der Waals surface area contributed by atoms with Gasteiger partial charge in [-0.2, -0.15) is 0 Å². The zero-order chi connectivity index (χ0) is 16.7. The van der Waals surface area contributed by atoms with Crippen LogP contribution in [0.1, 0.15) is 29.5 Å². The fourth-order valence-electron chi connectivity index (χ4n) is 4.02. The fraction of sp³-hybridized carbons (Fsp3) is 0.421. The predicted molar refractivity (Wildman–Crippen MR) is 95.7 cm³/mol. The number of oxime groups is 1. The lowest BCUT2D eigenvalue weighted by Gasteiger charge is -2.18. The molecule has 6 nitrogen and oxygen atoms in total. The van der Waals surface area contributed by atoms with Gasteiger partial charge in [-0.3, -0.25) is 0 Å². The summed E-state index contributed by atoms with van der Waals surface area (Å²) < 4.78 is 0. The Kier molecular flexibility index (Phi) is 3.45. The molecule has 1 aromatic heterocycles. The Morgan fingerprint density at radius 1 is 1.12 bits per heavy atom. The maximum absolute atomic E-state index is 5.70. The Balaban J connectivity index is 1.24. The van der Waals surface area contributed by atoms with Gasteiger partial charge >= 0.3 is 0 Å². The van der Waals surface area contributed by atoms with Crippen molar-refractivity contribution >= 4 is 11.7 Å². The van der Waals surface area contributed by atoms with Crippen molar-refractivity contribution in [3.05, 3.63) is 53.3 Å². The van der Waals surface area contributed by atoms with Crippen LogP contribution in [0.4, 0.5) is 5.95 Å². The molecule has 0 saturated carbocycles. The topological polar surface area (TPSA) is 71.4 Å². The van der Waals surface area contributed by atoms with Crippen molar-refractivity contribution in [2.45, 2.75) is 37.3 Å². The average Bonchev–Trinajstić information content (AvgIpc) is 3.36. The van der Waals surface area contributed by atoms with Crippen molar-refractivity contribution in [1.82, 2.24) is 15.3 Å². The number of nitrogens with one attached hydrogen (secondary N) is 2. The highest BCUT2D eigenvalue weighted by atomic mass is 16.7. The van der Waals surface area contributed by atoms with Gasteiger partial charge < -0.3 is 15.5 Å². The normalized spacial score (nSPS) is 25.0. The number of rotatable bonds is 3. The molecule has 3 aliphatic rings. The largest absolute Gasteiger partial charge is 0.387 e. The van der Waals surface area contributed by atoms with E-state index < -0.39 is 0 Å². The Hall–Kier alpha value is -2.47. The van der Waals surface area contributed by atoms with Crippen LogP contribution in [0.5, 0.6) is 0 Å². The summed E-state index contributed by atoms with van der Waals surface area (Å²) in [6.45, 7) is 1.86. The molecular weight excluding hydrogens is 314 g/mol. The first-order valence-electron chi connectivity index (χ1n) is 8.91. The van der Waals surface area contributed by atoms with E-state index in [1.165, 1.54) is 11.1 Å². The number of benzene rings is 1. The van der Waals surface area contributed by atoms with Gasteiger partial charge in [-0.25, -0.2) is 9.97 Å². The lowest BCUT2D eigenvalue weighted by Crippen LogP contribution is -2.31. The van der Waals surface area contributed by atoms with Gasteiger partial charge in [0.1, 0.15) is 0 Å². The minimum absolute atomic E-state index is 0.151. The molecule has 0 radical (unpaired) electrons. The second-order valence-corrected chi connectivity index (χ2v) is 7.23. The summed E-state index contributed by atoms with van der Waals surface area (Å²) in [7, 11) is 0. The van der Waals surface area contributed by atoms with E-state index in [-0.39, 0.29) is 5.60 Å². The molecule has 0 amide bonds. The molecule has 1 aliphatic carbocycles. The molecule has 1 spiro atoms. The molecule has 5 rings (SSSR count). The standard InChI is InChI=1S/C19H21N5O/c1-2-4-14-8-16(7-13(14)3-1)23-18-21-10-15(11-22-18)17-9-19(25-24-17)5-6-20-12-19/h1-4,10-11,16,20H,5-9,12H2,(H,21,22,23). The first-order chi connectivity index (χ1) is 12.3. The third-order valence-electron chi connectivity index (χ3n) is 5.41. The monoisotopic (exact) mass is 335 g/mol. The molecule has 1 atom stereocenters. The Labute approximate surface area is 146 Å². The van der Waals surface area contributed by atoms with Gasteiger partial charge in [0.25, 0.3) is 0 Å². The van der Waals surface area contributed by atoms with Gasteiger partial charge in [-0.15, -0.1) is 0 Å². The number of hydrogen-bond donors (Lipinski definition) is 2. The van der Waals surface area contributed by atoms with Crippen LogP contribution in [0.2, 0.25) is 0 Å². The van der Waals surface area contributed by atoms with E-state index in [1.54, 1.807) is 0 Å². The summed E-state index contributed by atoms with van der Waals surface area (Å²) in [5.41, 5.74) is 4.59. The van der Waals surface area contributed by atoms with Crippen molar-refractivity contribution < 1.29 is 4.84 Å². The highest BCUT2D eigenvalue weighted by Crippen LogP contribution is 2.31. The minimum atomic E-state index is -0.151. The summed E-state index contributed by atoms with van der Waals surface area (Å²) >= 11 is 0. The van der Waals surface area contributed by atoms with Crippen LogP contribution in [0, 0.1) is 0 Å². The second-order valence-electron chi connectivity index (χ2n) is 7.23. The third kappa shape index (κ3) is 2.76. The molecule has 1 unspecified atom stereocenters. The highest BCUT2D eigenvalue weighted by molar-refractivity contribution is 6.01. The summed E-state index contributed by atoms with van der Waals surface area (Å²) in [4.78, 5) is 14.7. The van der Waals surface area contributed by atoms with E-state index in [2.05, 4.69) is 50.0 Å². The second kappa shape index (κ2) is 5.81. The number of aromatic nitrogens is 2. The van der Waals surface area contributed by atoms with E-state index in [4.69, 9.17) is 4.84 Å². The van der Waals surface area contributed by atoms with E-state index in [1.807, 2.05) is 12.4 Å². The van der Waals surface area contributed by atoms with Crippen LogP contribution in [-0.2, 0) is 17.7 Å². The van der Waals surface area contributed by atoms with E-state index in [0.29, 0.717) is 12.0 Å². The van der Waals surface area contributed by atoms with Gasteiger partial charge in [0.05, 0.1) is 5.71 Å². The molecule has 25 heavy (non-hydrogen) atoms. The number of nitrogens with zero attached hydrogens (tertiary/aromatic N) is 3. The number of hydrogen-bond acceptors (Lipinski definition) is 6. The molecular formula is C19H21N5O. The Morgan fingerprint density at radius 3 is 2.56 bits per heavy atom. The van der Waals surface area contributed by atoms with E-state index in [9.17, 15) is 0 Å². The SMILES string of the molecule is c1ccc2c(c1)CC(Nc1ncc(C3=NOC4(CCNC4)C3)cn1)C2. The molecule has 0 bridgehead atoms. The number of fused-ring (bicyclic) bond motifs is 1. The zero-order valence-electron chi connectivity index (χ0n) is 14.0. The van der Waals surface area contributed by atoms with Crippen LogP contribution < -0.4 is 10.6 Å². The highest BCUT2D eigenvalue weighted by Gasteiger charge is 2.42. The molecule has 3 heterocycles. The van der Waals surface area contributed by atoms with Crippen LogP contribution in [0.25, 0.3) is 0 Å². The smallest absolute Gasteiger partial charge is 0.222 e. The molecule has 1 saturated heterocycles. The van der Waals surface area contributed by atoms with E-state index >= 15 is 0 Å². The quantitative estimate of drug-likeness (QED) is 0.897. The van der Waals surface area contributed by atoms with E-state index in [0.717, 1.165) is 50.0 Å².